The molecule has 0 N–H and O–H groups in total. The average molecular weight is 221 g/mol. The van der Waals surface area contributed by atoms with Crippen LogP contribution in [0.15, 0.2) is 48.5 Å². The van der Waals surface area contributed by atoms with Crippen molar-refractivity contribution in [3.05, 3.63) is 70.8 Å². The van der Waals surface area contributed by atoms with Gasteiger partial charge < -0.3 is 0 Å². The smallest absolute Gasteiger partial charge is 0.0991 e. The van der Waals surface area contributed by atoms with Crippen LogP contribution < -0.4 is 0 Å². The molecule has 0 saturated carbocycles. The molecule has 17 heavy (non-hydrogen) atoms. The van der Waals surface area contributed by atoms with Crippen molar-refractivity contribution in [2.24, 2.45) is 0 Å². The monoisotopic (exact) mass is 221 g/mol. The summed E-state index contributed by atoms with van der Waals surface area (Å²) in [7, 11) is 0. The molecule has 0 spiro atoms. The fourth-order valence-corrected chi connectivity index (χ4v) is 1.83. The molecule has 1 heteroatoms. The van der Waals surface area contributed by atoms with E-state index in [-0.39, 0.29) is 0 Å². The van der Waals surface area contributed by atoms with E-state index in [0.29, 0.717) is 0 Å². The normalized spacial score (nSPS) is 9.88. The Morgan fingerprint density at radius 2 is 1.29 bits per heavy atom. The SMILES string of the molecule is CCc1ccc(Cc2ccc(C#N)cc2)cc1. The Morgan fingerprint density at radius 3 is 1.76 bits per heavy atom. The summed E-state index contributed by atoms with van der Waals surface area (Å²) in [5.41, 5.74) is 4.64. The Morgan fingerprint density at radius 1 is 0.824 bits per heavy atom. The number of hydrogen-bond donors (Lipinski definition) is 0. The van der Waals surface area contributed by atoms with Crippen molar-refractivity contribution in [2.45, 2.75) is 19.8 Å². The van der Waals surface area contributed by atoms with E-state index in [4.69, 9.17) is 5.26 Å². The minimum atomic E-state index is 0.718. The molecule has 2 aromatic carbocycles. The Hall–Kier alpha value is -2.07. The lowest BCUT2D eigenvalue weighted by Gasteiger charge is -2.03. The fraction of sp³-hybridized carbons (Fsp3) is 0.188. The van der Waals surface area contributed by atoms with E-state index in [9.17, 15) is 0 Å². The van der Waals surface area contributed by atoms with Gasteiger partial charge in [0, 0.05) is 0 Å². The van der Waals surface area contributed by atoms with E-state index >= 15 is 0 Å². The first kappa shape index (κ1) is 11.4. The molecule has 1 nitrogen and oxygen atoms in total. The van der Waals surface area contributed by atoms with Gasteiger partial charge in [-0.3, -0.25) is 0 Å². The maximum absolute atomic E-state index is 8.73. The van der Waals surface area contributed by atoms with Gasteiger partial charge in [-0.1, -0.05) is 43.3 Å². The number of nitrogens with zero attached hydrogens (tertiary/aromatic N) is 1. The highest BCUT2D eigenvalue weighted by Crippen LogP contribution is 2.12. The highest BCUT2D eigenvalue weighted by Gasteiger charge is 1.97. The van der Waals surface area contributed by atoms with Crippen LogP contribution in [0.25, 0.3) is 0 Å². The number of nitriles is 1. The maximum Gasteiger partial charge on any atom is 0.0991 e. The fourth-order valence-electron chi connectivity index (χ4n) is 1.83. The van der Waals surface area contributed by atoms with Gasteiger partial charge in [0.2, 0.25) is 0 Å². The molecule has 84 valence electrons. The molecule has 0 aliphatic carbocycles. The van der Waals surface area contributed by atoms with E-state index in [1.165, 1.54) is 16.7 Å². The van der Waals surface area contributed by atoms with Crippen molar-refractivity contribution < 1.29 is 0 Å². The van der Waals surface area contributed by atoms with Crippen LogP contribution in [-0.2, 0) is 12.8 Å². The molecular weight excluding hydrogens is 206 g/mol. The van der Waals surface area contributed by atoms with Gasteiger partial charge in [0.05, 0.1) is 11.6 Å². The molecule has 0 atom stereocenters. The van der Waals surface area contributed by atoms with Gasteiger partial charge in [0.25, 0.3) is 0 Å². The van der Waals surface area contributed by atoms with Gasteiger partial charge in [-0.15, -0.1) is 0 Å². The third-order valence-electron chi connectivity index (χ3n) is 2.92. The molecular formula is C16H15N. The van der Waals surface area contributed by atoms with E-state index in [0.717, 1.165) is 18.4 Å². The van der Waals surface area contributed by atoms with Gasteiger partial charge in [0.1, 0.15) is 0 Å². The summed E-state index contributed by atoms with van der Waals surface area (Å²) in [4.78, 5) is 0. The van der Waals surface area contributed by atoms with Crippen molar-refractivity contribution in [2.75, 3.05) is 0 Å². The second-order valence-corrected chi connectivity index (χ2v) is 4.16. The number of benzene rings is 2. The summed E-state index contributed by atoms with van der Waals surface area (Å²) in [5, 5.41) is 8.73. The van der Waals surface area contributed by atoms with Crippen LogP contribution in [0.2, 0.25) is 0 Å². The predicted molar refractivity (Wildman–Crippen MR) is 69.8 cm³/mol. The average Bonchev–Trinajstić information content (AvgIpc) is 2.40. The molecule has 0 aliphatic rings. The third kappa shape index (κ3) is 2.95. The van der Waals surface area contributed by atoms with Crippen molar-refractivity contribution in [3.8, 4) is 6.07 Å². The first-order valence-electron chi connectivity index (χ1n) is 5.88. The minimum absolute atomic E-state index is 0.718. The van der Waals surface area contributed by atoms with Crippen LogP contribution in [0.3, 0.4) is 0 Å². The van der Waals surface area contributed by atoms with Crippen molar-refractivity contribution in [1.29, 1.82) is 5.26 Å². The molecule has 0 aliphatic heterocycles. The molecule has 0 saturated heterocycles. The molecule has 0 aromatic heterocycles. The Labute approximate surface area is 102 Å². The second kappa shape index (κ2) is 5.32. The van der Waals surface area contributed by atoms with Crippen LogP contribution in [0.5, 0.6) is 0 Å². The molecule has 2 aromatic rings. The highest BCUT2D eigenvalue weighted by molar-refractivity contribution is 5.34. The quantitative estimate of drug-likeness (QED) is 0.775. The first-order chi connectivity index (χ1) is 8.31. The zero-order chi connectivity index (χ0) is 12.1. The summed E-state index contributed by atoms with van der Waals surface area (Å²) < 4.78 is 0. The number of rotatable bonds is 3. The van der Waals surface area contributed by atoms with Gasteiger partial charge in [-0.25, -0.2) is 0 Å². The Balaban J connectivity index is 2.11. The summed E-state index contributed by atoms with van der Waals surface area (Å²) in [5.74, 6) is 0. The van der Waals surface area contributed by atoms with E-state index in [1.54, 1.807) is 0 Å². The van der Waals surface area contributed by atoms with Crippen molar-refractivity contribution in [3.63, 3.8) is 0 Å². The lowest BCUT2D eigenvalue weighted by molar-refractivity contribution is 1.12. The zero-order valence-corrected chi connectivity index (χ0v) is 9.98. The standard InChI is InChI=1S/C16H15N/c1-2-13-3-5-14(6-4-13)11-15-7-9-16(12-17)10-8-15/h3-10H,2,11H2,1H3. The molecule has 0 unspecified atom stereocenters. The number of aryl methyl sites for hydroxylation is 1. The maximum atomic E-state index is 8.73. The van der Waals surface area contributed by atoms with Crippen LogP contribution in [0.1, 0.15) is 29.2 Å². The molecule has 0 bridgehead atoms. The Kier molecular flexibility index (Phi) is 3.57. The summed E-state index contributed by atoms with van der Waals surface area (Å²) in [6, 6.07) is 18.6. The molecule has 2 rings (SSSR count). The van der Waals surface area contributed by atoms with Crippen molar-refractivity contribution >= 4 is 0 Å². The lowest BCUT2D eigenvalue weighted by atomic mass is 10.0. The molecule has 0 fully saturated rings. The topological polar surface area (TPSA) is 23.8 Å². The van der Waals surface area contributed by atoms with Gasteiger partial charge in [-0.2, -0.15) is 5.26 Å². The van der Waals surface area contributed by atoms with Crippen LogP contribution in [0.4, 0.5) is 0 Å². The Bertz CT molecular complexity index is 515. The first-order valence-corrected chi connectivity index (χ1v) is 5.88. The van der Waals surface area contributed by atoms with E-state index < -0.39 is 0 Å². The van der Waals surface area contributed by atoms with Crippen LogP contribution >= 0.6 is 0 Å². The summed E-state index contributed by atoms with van der Waals surface area (Å²) >= 11 is 0. The van der Waals surface area contributed by atoms with Gasteiger partial charge in [0.15, 0.2) is 0 Å². The van der Waals surface area contributed by atoms with Crippen molar-refractivity contribution in [1.82, 2.24) is 0 Å². The largest absolute Gasteiger partial charge is 0.192 e. The second-order valence-electron chi connectivity index (χ2n) is 4.16. The molecule has 0 amide bonds. The molecule has 0 radical (unpaired) electrons. The van der Waals surface area contributed by atoms with E-state index in [1.807, 2.05) is 24.3 Å². The zero-order valence-electron chi connectivity index (χ0n) is 9.98. The number of hydrogen-bond acceptors (Lipinski definition) is 1. The lowest BCUT2D eigenvalue weighted by Crippen LogP contribution is -1.89. The highest BCUT2D eigenvalue weighted by atomic mass is 14.2. The predicted octanol–water partition coefficient (Wildman–Crippen LogP) is 3.71. The third-order valence-corrected chi connectivity index (χ3v) is 2.92. The van der Waals surface area contributed by atoms with Gasteiger partial charge >= 0.3 is 0 Å². The van der Waals surface area contributed by atoms with Crippen LogP contribution in [0, 0.1) is 11.3 Å². The summed E-state index contributed by atoms with van der Waals surface area (Å²) in [6.45, 7) is 2.16. The van der Waals surface area contributed by atoms with Gasteiger partial charge in [-0.05, 0) is 41.7 Å². The summed E-state index contributed by atoms with van der Waals surface area (Å²) in [6.07, 6.45) is 2.01. The van der Waals surface area contributed by atoms with Crippen LogP contribution in [-0.4, -0.2) is 0 Å². The van der Waals surface area contributed by atoms with E-state index in [2.05, 4.69) is 37.3 Å². The minimum Gasteiger partial charge on any atom is -0.192 e. The molecule has 0 heterocycles.